The maximum atomic E-state index is 14.0. The van der Waals surface area contributed by atoms with Crippen molar-refractivity contribution >= 4 is 40.2 Å². The van der Waals surface area contributed by atoms with E-state index in [1.54, 1.807) is 48.5 Å². The van der Waals surface area contributed by atoms with Gasteiger partial charge in [-0.2, -0.15) is 4.39 Å². The second-order valence-electron chi connectivity index (χ2n) is 7.42. The number of aliphatic carboxylic acids is 1. The molecule has 33 heavy (non-hydrogen) atoms. The average molecular weight is 489 g/mol. The van der Waals surface area contributed by atoms with Gasteiger partial charge in [-0.3, -0.25) is 0 Å². The highest BCUT2D eigenvalue weighted by Crippen LogP contribution is 2.36. The molecule has 170 valence electrons. The maximum Gasteiger partial charge on any atom is 0.344 e. The van der Waals surface area contributed by atoms with Crippen LogP contribution in [-0.2, 0) is 11.3 Å². The maximum absolute atomic E-state index is 14.0. The Hall–Kier alpha value is -3.29. The number of pyridine rings is 1. The van der Waals surface area contributed by atoms with Gasteiger partial charge in [-0.05, 0) is 67.9 Å². The summed E-state index contributed by atoms with van der Waals surface area (Å²) in [7, 11) is 0. The summed E-state index contributed by atoms with van der Waals surface area (Å²) >= 11 is 12.1. The number of hydrogen-bond donors (Lipinski definition) is 1. The van der Waals surface area contributed by atoms with Crippen molar-refractivity contribution in [2.24, 2.45) is 0 Å². The Morgan fingerprint density at radius 2 is 1.88 bits per heavy atom. The number of nitrogens with zero attached hydrogens (tertiary/aromatic N) is 2. The Morgan fingerprint density at radius 1 is 1.15 bits per heavy atom. The van der Waals surface area contributed by atoms with Gasteiger partial charge in [-0.25, -0.2) is 9.78 Å². The molecule has 0 saturated carbocycles. The van der Waals surface area contributed by atoms with Crippen molar-refractivity contribution in [1.82, 2.24) is 9.55 Å². The molecular weight excluding hydrogens is 470 g/mol. The SMILES string of the molecule is Cc1c(Oc2ccc(Cl)cc2)c2ccc(F)nc2n1Cc1ccc(Cl)c(O[C@@H](C)C(=O)O)c1. The van der Waals surface area contributed by atoms with Crippen LogP contribution in [0.25, 0.3) is 11.0 Å². The first-order valence-corrected chi connectivity index (χ1v) is 10.7. The molecule has 0 unspecified atom stereocenters. The molecule has 0 spiro atoms. The first-order valence-electron chi connectivity index (χ1n) is 9.99. The zero-order valence-electron chi connectivity index (χ0n) is 17.7. The lowest BCUT2D eigenvalue weighted by atomic mass is 10.2. The second kappa shape index (κ2) is 9.29. The van der Waals surface area contributed by atoms with Crippen molar-refractivity contribution in [1.29, 1.82) is 0 Å². The van der Waals surface area contributed by atoms with Gasteiger partial charge in [-0.15, -0.1) is 0 Å². The molecule has 6 nitrogen and oxygen atoms in total. The van der Waals surface area contributed by atoms with Crippen LogP contribution in [0.15, 0.2) is 54.6 Å². The Balaban J connectivity index is 1.74. The van der Waals surface area contributed by atoms with Crippen LogP contribution >= 0.6 is 23.2 Å². The predicted molar refractivity (Wildman–Crippen MR) is 124 cm³/mol. The van der Waals surface area contributed by atoms with Crippen molar-refractivity contribution in [2.45, 2.75) is 26.5 Å². The summed E-state index contributed by atoms with van der Waals surface area (Å²) in [4.78, 5) is 15.2. The Bertz CT molecular complexity index is 1340. The fourth-order valence-electron chi connectivity index (χ4n) is 3.39. The quantitative estimate of drug-likeness (QED) is 0.301. The molecule has 0 fully saturated rings. The van der Waals surface area contributed by atoms with E-state index in [0.29, 0.717) is 34.1 Å². The van der Waals surface area contributed by atoms with E-state index in [9.17, 15) is 9.18 Å². The Morgan fingerprint density at radius 3 is 2.58 bits per heavy atom. The topological polar surface area (TPSA) is 73.6 Å². The number of fused-ring (bicyclic) bond motifs is 1. The minimum Gasteiger partial charge on any atom is -0.479 e. The highest BCUT2D eigenvalue weighted by Gasteiger charge is 2.20. The number of carbonyl (C=O) groups is 1. The van der Waals surface area contributed by atoms with E-state index in [4.69, 9.17) is 37.8 Å². The lowest BCUT2D eigenvalue weighted by Crippen LogP contribution is -2.23. The van der Waals surface area contributed by atoms with Crippen LogP contribution in [0.1, 0.15) is 18.2 Å². The van der Waals surface area contributed by atoms with Crippen molar-refractivity contribution in [2.75, 3.05) is 0 Å². The van der Waals surface area contributed by atoms with Gasteiger partial charge in [0.05, 0.1) is 16.1 Å². The minimum absolute atomic E-state index is 0.245. The van der Waals surface area contributed by atoms with Crippen LogP contribution in [0.3, 0.4) is 0 Å². The first kappa shape index (κ1) is 22.9. The fourth-order valence-corrected chi connectivity index (χ4v) is 3.68. The number of ether oxygens (including phenoxy) is 2. The lowest BCUT2D eigenvalue weighted by Gasteiger charge is -2.14. The van der Waals surface area contributed by atoms with Gasteiger partial charge in [0.1, 0.15) is 17.1 Å². The predicted octanol–water partition coefficient (Wildman–Crippen LogP) is 6.48. The van der Waals surface area contributed by atoms with E-state index in [1.165, 1.54) is 13.0 Å². The number of hydrogen-bond acceptors (Lipinski definition) is 4. The molecular formula is C24H19Cl2FN2O4. The van der Waals surface area contributed by atoms with Gasteiger partial charge in [-0.1, -0.05) is 29.3 Å². The van der Waals surface area contributed by atoms with E-state index in [-0.39, 0.29) is 10.8 Å². The molecule has 1 N–H and O–H groups in total. The van der Waals surface area contributed by atoms with Crippen LogP contribution < -0.4 is 9.47 Å². The standard InChI is InChI=1S/C24H19Cl2FN2O4/c1-13-22(33-17-6-4-16(25)5-7-17)18-8-10-21(27)28-23(18)29(13)12-15-3-9-19(26)20(11-15)32-14(2)24(30)31/h3-11,14H,12H2,1-2H3,(H,30,31)/t14-/m0/s1. The van der Waals surface area contributed by atoms with Crippen molar-refractivity contribution in [3.63, 3.8) is 0 Å². The summed E-state index contributed by atoms with van der Waals surface area (Å²) in [6.07, 6.45) is -1.07. The summed E-state index contributed by atoms with van der Waals surface area (Å²) in [6, 6.07) is 14.9. The molecule has 0 saturated heterocycles. The highest BCUT2D eigenvalue weighted by atomic mass is 35.5. The molecule has 4 aromatic rings. The monoisotopic (exact) mass is 488 g/mol. The minimum atomic E-state index is -1.10. The smallest absolute Gasteiger partial charge is 0.344 e. The van der Waals surface area contributed by atoms with Crippen LogP contribution in [-0.4, -0.2) is 26.7 Å². The van der Waals surface area contributed by atoms with E-state index in [2.05, 4.69) is 4.98 Å². The molecule has 0 radical (unpaired) electrons. The number of halogens is 3. The van der Waals surface area contributed by atoms with Crippen LogP contribution in [0.5, 0.6) is 17.2 Å². The zero-order valence-corrected chi connectivity index (χ0v) is 19.2. The summed E-state index contributed by atoms with van der Waals surface area (Å²) in [5.74, 6) is -0.350. The van der Waals surface area contributed by atoms with Crippen LogP contribution in [0.2, 0.25) is 10.0 Å². The summed E-state index contributed by atoms with van der Waals surface area (Å²) in [5.41, 5.74) is 1.90. The highest BCUT2D eigenvalue weighted by molar-refractivity contribution is 6.32. The number of carboxylic acids is 1. The number of rotatable bonds is 7. The molecule has 0 aliphatic rings. The summed E-state index contributed by atoms with van der Waals surface area (Å²) < 4.78 is 27.4. The fraction of sp³-hybridized carbons (Fsp3) is 0.167. The molecule has 1 atom stereocenters. The lowest BCUT2D eigenvalue weighted by molar-refractivity contribution is -0.144. The summed E-state index contributed by atoms with van der Waals surface area (Å²) in [5, 5.41) is 10.6. The van der Waals surface area contributed by atoms with E-state index in [1.807, 2.05) is 11.5 Å². The molecule has 2 aromatic heterocycles. The molecule has 0 bridgehead atoms. The van der Waals surface area contributed by atoms with Crippen molar-refractivity contribution in [3.8, 4) is 17.2 Å². The van der Waals surface area contributed by atoms with Gasteiger partial charge in [0.2, 0.25) is 5.95 Å². The van der Waals surface area contributed by atoms with Gasteiger partial charge in [0.25, 0.3) is 0 Å². The van der Waals surface area contributed by atoms with Gasteiger partial charge in [0, 0.05) is 11.6 Å². The average Bonchev–Trinajstić information content (AvgIpc) is 3.02. The van der Waals surface area contributed by atoms with Gasteiger partial charge < -0.3 is 19.1 Å². The largest absolute Gasteiger partial charge is 0.479 e. The second-order valence-corrected chi connectivity index (χ2v) is 8.27. The molecule has 0 amide bonds. The Labute approximate surface area is 199 Å². The first-order chi connectivity index (χ1) is 15.7. The number of aromatic nitrogens is 2. The summed E-state index contributed by atoms with van der Waals surface area (Å²) in [6.45, 7) is 3.57. The molecule has 2 heterocycles. The van der Waals surface area contributed by atoms with E-state index in [0.717, 1.165) is 11.3 Å². The number of benzene rings is 2. The normalized spacial score (nSPS) is 12.0. The van der Waals surface area contributed by atoms with Gasteiger partial charge in [0.15, 0.2) is 11.9 Å². The molecule has 0 aliphatic carbocycles. The molecule has 4 rings (SSSR count). The Kier molecular flexibility index (Phi) is 6.44. The molecule has 9 heteroatoms. The van der Waals surface area contributed by atoms with Crippen molar-refractivity contribution < 1.29 is 23.8 Å². The van der Waals surface area contributed by atoms with E-state index >= 15 is 0 Å². The van der Waals surface area contributed by atoms with Crippen molar-refractivity contribution in [3.05, 3.63) is 81.8 Å². The third-order valence-corrected chi connectivity index (χ3v) is 5.66. The molecule has 2 aromatic carbocycles. The molecule has 0 aliphatic heterocycles. The van der Waals surface area contributed by atoms with Crippen LogP contribution in [0, 0.1) is 12.9 Å². The third-order valence-electron chi connectivity index (χ3n) is 5.10. The third kappa shape index (κ3) is 4.89. The van der Waals surface area contributed by atoms with Crippen LogP contribution in [0.4, 0.5) is 4.39 Å². The van der Waals surface area contributed by atoms with E-state index < -0.39 is 18.0 Å². The zero-order chi connectivity index (χ0) is 23.7. The number of carboxylic acid groups (broad SMARTS) is 1. The van der Waals surface area contributed by atoms with Gasteiger partial charge >= 0.3 is 5.97 Å².